The molecule has 0 unspecified atom stereocenters. The molecule has 0 saturated carbocycles. The molecule has 0 aliphatic carbocycles. The van der Waals surface area contributed by atoms with Crippen molar-refractivity contribution in [2.24, 2.45) is 0 Å². The molecule has 7 heavy (non-hydrogen) atoms. The van der Waals surface area contributed by atoms with Crippen LogP contribution in [-0.2, 0) is 9.04 Å². The molecule has 0 aromatic carbocycles. The zero-order valence-corrected chi connectivity index (χ0v) is 9.13. The molecule has 7 heteroatoms. The molecule has 0 heterocycles. The van der Waals surface area contributed by atoms with Gasteiger partial charge < -0.3 is 19.1 Å². The molecule has 0 aromatic heterocycles. The van der Waals surface area contributed by atoms with Crippen molar-refractivity contribution in [1.29, 1.82) is 0 Å². The van der Waals surface area contributed by atoms with Crippen molar-refractivity contribution in [3.05, 3.63) is 0 Å². The van der Waals surface area contributed by atoms with E-state index >= 15 is 0 Å². The van der Waals surface area contributed by atoms with Gasteiger partial charge in [0.15, 0.2) is 0 Å². The summed E-state index contributed by atoms with van der Waals surface area (Å²) in [5.41, 5.74) is 0. The molecule has 0 spiro atoms. The van der Waals surface area contributed by atoms with E-state index in [9.17, 15) is 0 Å². The third-order valence-corrected chi connectivity index (χ3v) is 0.204. The topological polar surface area (TPSA) is 72.4 Å². The minimum Gasteiger partial charge on any atom is -0.767 e. The predicted molar refractivity (Wildman–Crippen MR) is 7.53 cm³/mol. The Balaban J connectivity index is -0.0000000800. The Hall–Kier alpha value is 1.58. The smallest absolute Gasteiger partial charge is 0.767 e. The average Bonchev–Trinajstić information content (AvgIpc) is 1.38. The molecular formula is Na2O4Si. The predicted octanol–water partition coefficient (Wildman–Crippen LogP) is -8.94. The van der Waals surface area contributed by atoms with E-state index in [1.54, 1.807) is 0 Å². The third-order valence-electron chi connectivity index (χ3n) is 0.0680. The van der Waals surface area contributed by atoms with Crippen LogP contribution in [0.25, 0.3) is 0 Å². The first-order valence-corrected chi connectivity index (χ1v) is 2.00. The molecule has 0 fully saturated rings. The van der Waals surface area contributed by atoms with Gasteiger partial charge in [-0.2, -0.15) is 0 Å². The van der Waals surface area contributed by atoms with Crippen molar-refractivity contribution in [2.45, 2.75) is 0 Å². The normalized spacial score (nSPS) is 4.71. The summed E-state index contributed by atoms with van der Waals surface area (Å²) in [4.78, 5) is 8.91. The van der Waals surface area contributed by atoms with E-state index < -0.39 is 9.17 Å². The zero-order chi connectivity index (χ0) is 4.28. The molecule has 0 bridgehead atoms. The summed E-state index contributed by atoms with van der Waals surface area (Å²) < 4.78 is 11.4. The maximum atomic E-state index is 8.91. The summed E-state index contributed by atoms with van der Waals surface area (Å²) in [7, 11) is -3.43. The van der Waals surface area contributed by atoms with Gasteiger partial charge in [0.1, 0.15) is 0 Å². The molecule has 0 radical (unpaired) electrons. The van der Waals surface area contributed by atoms with E-state index in [-0.39, 0.29) is 59.1 Å². The molecular weight excluding hydrogens is 138 g/mol. The Morgan fingerprint density at radius 1 is 1.43 bits per heavy atom. The summed E-state index contributed by atoms with van der Waals surface area (Å²) in [5, 5.41) is 8.55. The van der Waals surface area contributed by atoms with Crippen LogP contribution in [0.4, 0.5) is 0 Å². The van der Waals surface area contributed by atoms with Crippen molar-refractivity contribution in [2.75, 3.05) is 0 Å². The summed E-state index contributed by atoms with van der Waals surface area (Å²) in [6, 6.07) is 0. The van der Waals surface area contributed by atoms with Gasteiger partial charge in [0.05, 0.1) is 0 Å². The first-order valence-electron chi connectivity index (χ1n) is 0.779. The zero-order valence-electron chi connectivity index (χ0n) is 4.13. The van der Waals surface area contributed by atoms with Gasteiger partial charge in [-0.1, -0.05) is 0 Å². The standard InChI is InChI=1S/2Na.HO4Si/c;;1-4-5(2)3/h;;1H/q2*+1;-1/p-1. The summed E-state index contributed by atoms with van der Waals surface area (Å²) >= 11 is 0. The molecule has 0 aliphatic heterocycles. The molecule has 0 amide bonds. The average molecular weight is 138 g/mol. The quantitative estimate of drug-likeness (QED) is 0.205. The fourth-order valence-corrected chi connectivity index (χ4v) is 0. The summed E-state index contributed by atoms with van der Waals surface area (Å²) in [5.74, 6) is 0. The Kier molecular flexibility index (Phi) is 23.8. The molecule has 0 aromatic rings. The fourth-order valence-electron chi connectivity index (χ4n) is 0. The van der Waals surface area contributed by atoms with Crippen LogP contribution in [-0.4, -0.2) is 9.17 Å². The second kappa shape index (κ2) is 10.5. The monoisotopic (exact) mass is 138 g/mol. The van der Waals surface area contributed by atoms with Crippen molar-refractivity contribution < 1.29 is 78.2 Å². The van der Waals surface area contributed by atoms with Crippen LogP contribution in [0.5, 0.6) is 0 Å². The van der Waals surface area contributed by atoms with Crippen LogP contribution in [0.2, 0.25) is 0 Å². The largest absolute Gasteiger partial charge is 1.00 e. The minimum atomic E-state index is -3.43. The van der Waals surface area contributed by atoms with Gasteiger partial charge in [-0.3, -0.25) is 0 Å². The van der Waals surface area contributed by atoms with E-state index in [0.29, 0.717) is 0 Å². The summed E-state index contributed by atoms with van der Waals surface area (Å²) in [6.07, 6.45) is 0. The van der Waals surface area contributed by atoms with E-state index in [1.807, 2.05) is 0 Å². The molecule has 0 N–H and O–H groups in total. The van der Waals surface area contributed by atoms with Crippen molar-refractivity contribution in [3.8, 4) is 0 Å². The van der Waals surface area contributed by atoms with Gasteiger partial charge in [0, 0.05) is 0 Å². The van der Waals surface area contributed by atoms with E-state index in [1.165, 1.54) is 0 Å². The Morgan fingerprint density at radius 2 is 1.57 bits per heavy atom. The van der Waals surface area contributed by atoms with Crippen LogP contribution in [0.15, 0.2) is 0 Å². The Labute approximate surface area is 86.3 Å². The van der Waals surface area contributed by atoms with Crippen molar-refractivity contribution in [1.82, 2.24) is 0 Å². The SMILES string of the molecule is O=[Si]([O-])O[O-].[Na+].[Na+]. The second-order valence-corrected chi connectivity index (χ2v) is 1.00. The number of hydrogen-bond acceptors (Lipinski definition) is 4. The van der Waals surface area contributed by atoms with Gasteiger partial charge in [0.25, 0.3) is 0 Å². The Bertz CT molecular complexity index is 45.0. The van der Waals surface area contributed by atoms with Gasteiger partial charge in [-0.15, -0.1) is 0 Å². The third kappa shape index (κ3) is 18.4. The first-order chi connectivity index (χ1) is 2.27. The van der Waals surface area contributed by atoms with Crippen LogP contribution in [0, 0.1) is 0 Å². The second-order valence-electron chi connectivity index (χ2n) is 0.333. The molecule has 0 atom stereocenters. The van der Waals surface area contributed by atoms with Crippen LogP contribution in [0.1, 0.15) is 0 Å². The van der Waals surface area contributed by atoms with Crippen molar-refractivity contribution >= 4 is 9.17 Å². The van der Waals surface area contributed by atoms with Crippen LogP contribution >= 0.6 is 0 Å². The minimum absolute atomic E-state index is 0. The maximum absolute atomic E-state index is 8.91. The van der Waals surface area contributed by atoms with E-state index in [4.69, 9.17) is 14.5 Å². The van der Waals surface area contributed by atoms with E-state index in [0.717, 1.165) is 0 Å². The van der Waals surface area contributed by atoms with Gasteiger partial charge in [-0.05, 0) is 0 Å². The van der Waals surface area contributed by atoms with E-state index in [2.05, 4.69) is 4.58 Å². The number of hydrogen-bond donors (Lipinski definition) is 0. The van der Waals surface area contributed by atoms with Crippen LogP contribution < -0.4 is 69.2 Å². The molecule has 4 nitrogen and oxygen atoms in total. The summed E-state index contributed by atoms with van der Waals surface area (Å²) in [6.45, 7) is 0. The van der Waals surface area contributed by atoms with Crippen molar-refractivity contribution in [3.63, 3.8) is 0 Å². The maximum Gasteiger partial charge on any atom is 1.00 e. The van der Waals surface area contributed by atoms with Gasteiger partial charge in [0.2, 0.25) is 0 Å². The Morgan fingerprint density at radius 3 is 1.57 bits per heavy atom. The first kappa shape index (κ1) is 15.8. The molecule has 0 aliphatic rings. The molecule has 0 rings (SSSR count). The van der Waals surface area contributed by atoms with Gasteiger partial charge >= 0.3 is 68.3 Å². The molecule has 0 saturated heterocycles. The van der Waals surface area contributed by atoms with Gasteiger partial charge in [-0.25, -0.2) is 0 Å². The number of rotatable bonds is 1. The molecule has 30 valence electrons. The fraction of sp³-hybridized carbons (Fsp3) is 0. The van der Waals surface area contributed by atoms with Crippen LogP contribution in [0.3, 0.4) is 0 Å².